The molecule has 0 aromatic carbocycles. The lowest BCUT2D eigenvalue weighted by Crippen LogP contribution is -2.37. The van der Waals surface area contributed by atoms with Crippen molar-refractivity contribution in [3.63, 3.8) is 0 Å². The van der Waals surface area contributed by atoms with E-state index in [-0.39, 0.29) is 12.5 Å². The molecule has 2 rings (SSSR count). The van der Waals surface area contributed by atoms with Crippen molar-refractivity contribution in [1.82, 2.24) is 14.0 Å². The number of rotatable bonds is 4. The van der Waals surface area contributed by atoms with E-state index in [9.17, 15) is 13.2 Å². The summed E-state index contributed by atoms with van der Waals surface area (Å²) in [4.78, 5) is 15.0. The standard InChI is InChI=1S/C12H19N3O3S2/c1-4-13-20(17,18)10-5-6-15(7-10)12(16)11-8(2)14-19-9(11)3/h10,13H,4-7H2,1-3H3. The Hall–Kier alpha value is -0.990. The van der Waals surface area contributed by atoms with Gasteiger partial charge in [-0.1, -0.05) is 6.92 Å². The monoisotopic (exact) mass is 317 g/mol. The van der Waals surface area contributed by atoms with Crippen LogP contribution in [0.2, 0.25) is 0 Å². The Morgan fingerprint density at radius 3 is 2.75 bits per heavy atom. The van der Waals surface area contributed by atoms with Crippen LogP contribution in [0.5, 0.6) is 0 Å². The summed E-state index contributed by atoms with van der Waals surface area (Å²) in [6.07, 6.45) is 0.483. The smallest absolute Gasteiger partial charge is 0.256 e. The Morgan fingerprint density at radius 1 is 1.50 bits per heavy atom. The largest absolute Gasteiger partial charge is 0.337 e. The zero-order chi connectivity index (χ0) is 14.9. The molecule has 1 amide bonds. The fourth-order valence-corrected chi connectivity index (χ4v) is 4.55. The number of carbonyl (C=O) groups is 1. The predicted molar refractivity (Wildman–Crippen MR) is 78.5 cm³/mol. The number of hydrogen-bond donors (Lipinski definition) is 1. The second-order valence-electron chi connectivity index (χ2n) is 4.90. The maximum Gasteiger partial charge on any atom is 0.256 e. The minimum atomic E-state index is -3.32. The Bertz CT molecular complexity index is 590. The molecular formula is C12H19N3O3S2. The third-order valence-electron chi connectivity index (χ3n) is 3.46. The molecule has 1 aliphatic heterocycles. The molecule has 112 valence electrons. The molecule has 0 saturated carbocycles. The van der Waals surface area contributed by atoms with Crippen LogP contribution in [0, 0.1) is 13.8 Å². The van der Waals surface area contributed by atoms with Gasteiger partial charge in [0.1, 0.15) is 0 Å². The summed E-state index contributed by atoms with van der Waals surface area (Å²) in [6, 6.07) is 0. The SMILES string of the molecule is CCNS(=O)(=O)C1CCN(C(=O)c2c(C)nsc2C)C1. The maximum absolute atomic E-state index is 12.5. The van der Waals surface area contributed by atoms with Gasteiger partial charge in [0.15, 0.2) is 0 Å². The van der Waals surface area contributed by atoms with Crippen LogP contribution in [-0.2, 0) is 10.0 Å². The molecule has 20 heavy (non-hydrogen) atoms. The number of amides is 1. The van der Waals surface area contributed by atoms with Gasteiger partial charge in [-0.05, 0) is 31.8 Å². The molecule has 0 aliphatic carbocycles. The second kappa shape index (κ2) is 5.79. The summed E-state index contributed by atoms with van der Waals surface area (Å²) >= 11 is 1.30. The van der Waals surface area contributed by atoms with Gasteiger partial charge in [0.2, 0.25) is 10.0 Å². The number of sulfonamides is 1. The van der Waals surface area contributed by atoms with Crippen LogP contribution in [0.3, 0.4) is 0 Å². The highest BCUT2D eigenvalue weighted by molar-refractivity contribution is 7.90. The topological polar surface area (TPSA) is 79.4 Å². The number of carbonyl (C=O) groups excluding carboxylic acids is 1. The molecular weight excluding hydrogens is 298 g/mol. The minimum absolute atomic E-state index is 0.108. The maximum atomic E-state index is 12.5. The number of nitrogens with one attached hydrogen (secondary N) is 1. The first-order chi connectivity index (χ1) is 9.36. The highest BCUT2D eigenvalue weighted by atomic mass is 32.2. The summed E-state index contributed by atoms with van der Waals surface area (Å²) in [5, 5.41) is -0.515. The number of nitrogens with zero attached hydrogens (tertiary/aromatic N) is 2. The average Bonchev–Trinajstić information content (AvgIpc) is 2.97. The van der Waals surface area contributed by atoms with Crippen molar-refractivity contribution in [2.75, 3.05) is 19.6 Å². The van der Waals surface area contributed by atoms with Crippen LogP contribution in [0.25, 0.3) is 0 Å². The van der Waals surface area contributed by atoms with Crippen LogP contribution in [0.15, 0.2) is 0 Å². The Kier molecular flexibility index (Phi) is 4.46. The van der Waals surface area contributed by atoms with E-state index in [4.69, 9.17) is 0 Å². The van der Waals surface area contributed by atoms with Gasteiger partial charge >= 0.3 is 0 Å². The van der Waals surface area contributed by atoms with Gasteiger partial charge in [0, 0.05) is 24.5 Å². The lowest BCUT2D eigenvalue weighted by molar-refractivity contribution is 0.0792. The van der Waals surface area contributed by atoms with Crippen molar-refractivity contribution in [3.8, 4) is 0 Å². The van der Waals surface area contributed by atoms with E-state index in [2.05, 4.69) is 9.10 Å². The molecule has 1 aromatic rings. The molecule has 1 fully saturated rings. The molecule has 0 bridgehead atoms. The zero-order valence-electron chi connectivity index (χ0n) is 11.8. The summed E-state index contributed by atoms with van der Waals surface area (Å²) in [6.45, 7) is 6.52. The third-order valence-corrected chi connectivity index (χ3v) is 6.26. The first-order valence-corrected chi connectivity index (χ1v) is 8.89. The summed E-state index contributed by atoms with van der Waals surface area (Å²) in [5.41, 5.74) is 1.34. The highest BCUT2D eigenvalue weighted by Gasteiger charge is 2.36. The first-order valence-electron chi connectivity index (χ1n) is 6.57. The molecule has 1 saturated heterocycles. The van der Waals surface area contributed by atoms with Crippen LogP contribution >= 0.6 is 11.5 Å². The van der Waals surface area contributed by atoms with Crippen LogP contribution in [0.1, 0.15) is 34.3 Å². The van der Waals surface area contributed by atoms with E-state index in [0.717, 1.165) is 10.6 Å². The molecule has 1 aromatic heterocycles. The van der Waals surface area contributed by atoms with Gasteiger partial charge in [-0.3, -0.25) is 4.79 Å². The molecule has 8 heteroatoms. The normalized spacial score (nSPS) is 19.6. The molecule has 1 aliphatic rings. The third kappa shape index (κ3) is 2.87. The van der Waals surface area contributed by atoms with Crippen molar-refractivity contribution >= 4 is 27.5 Å². The lowest BCUT2D eigenvalue weighted by atomic mass is 10.2. The number of likely N-dealkylation sites (tertiary alicyclic amines) is 1. The average molecular weight is 317 g/mol. The number of hydrogen-bond acceptors (Lipinski definition) is 5. The molecule has 2 heterocycles. The Morgan fingerprint density at radius 2 is 2.20 bits per heavy atom. The van der Waals surface area contributed by atoms with Gasteiger partial charge in [0.05, 0.1) is 16.5 Å². The minimum Gasteiger partial charge on any atom is -0.337 e. The molecule has 1 unspecified atom stereocenters. The van der Waals surface area contributed by atoms with Crippen LogP contribution in [-0.4, -0.2) is 48.5 Å². The van der Waals surface area contributed by atoms with E-state index in [1.165, 1.54) is 11.5 Å². The predicted octanol–water partition coefficient (Wildman–Crippen LogP) is 0.914. The van der Waals surface area contributed by atoms with E-state index < -0.39 is 15.3 Å². The Labute approximate surface area is 123 Å². The quantitative estimate of drug-likeness (QED) is 0.895. The van der Waals surface area contributed by atoms with E-state index in [0.29, 0.717) is 25.1 Å². The Balaban J connectivity index is 2.12. The van der Waals surface area contributed by atoms with Crippen molar-refractivity contribution in [2.45, 2.75) is 32.4 Å². The van der Waals surface area contributed by atoms with Crippen molar-refractivity contribution < 1.29 is 13.2 Å². The lowest BCUT2D eigenvalue weighted by Gasteiger charge is -2.17. The van der Waals surface area contributed by atoms with Gasteiger partial charge in [-0.25, -0.2) is 13.1 Å². The van der Waals surface area contributed by atoms with Gasteiger partial charge in [-0.15, -0.1) is 0 Å². The van der Waals surface area contributed by atoms with Gasteiger partial charge < -0.3 is 4.90 Å². The van der Waals surface area contributed by atoms with Crippen molar-refractivity contribution in [1.29, 1.82) is 0 Å². The van der Waals surface area contributed by atoms with E-state index >= 15 is 0 Å². The van der Waals surface area contributed by atoms with Crippen molar-refractivity contribution in [3.05, 3.63) is 16.1 Å². The fourth-order valence-electron chi connectivity index (χ4n) is 2.43. The zero-order valence-corrected chi connectivity index (χ0v) is 13.5. The van der Waals surface area contributed by atoms with Crippen molar-refractivity contribution in [2.24, 2.45) is 0 Å². The summed E-state index contributed by atoms with van der Waals surface area (Å²) in [7, 11) is -3.32. The van der Waals surface area contributed by atoms with Gasteiger partial charge in [-0.2, -0.15) is 4.37 Å². The molecule has 1 atom stereocenters. The fraction of sp³-hybridized carbons (Fsp3) is 0.667. The van der Waals surface area contributed by atoms with Gasteiger partial charge in [0.25, 0.3) is 5.91 Å². The van der Waals surface area contributed by atoms with E-state index in [1.54, 1.807) is 18.7 Å². The summed E-state index contributed by atoms with van der Waals surface area (Å²) in [5.74, 6) is -0.108. The summed E-state index contributed by atoms with van der Waals surface area (Å²) < 4.78 is 30.6. The first kappa shape index (κ1) is 15.4. The molecule has 0 radical (unpaired) electrons. The molecule has 1 N–H and O–H groups in total. The number of aromatic nitrogens is 1. The second-order valence-corrected chi connectivity index (χ2v) is 7.93. The highest BCUT2D eigenvalue weighted by Crippen LogP contribution is 2.23. The molecule has 6 nitrogen and oxygen atoms in total. The van der Waals surface area contributed by atoms with E-state index in [1.807, 2.05) is 6.92 Å². The van der Waals surface area contributed by atoms with Crippen LogP contribution in [0.4, 0.5) is 0 Å². The van der Waals surface area contributed by atoms with Crippen LogP contribution < -0.4 is 4.72 Å². The molecule has 0 spiro atoms. The number of aryl methyl sites for hydroxylation is 2.